The van der Waals surface area contributed by atoms with Crippen LogP contribution in [0.2, 0.25) is 0 Å². The molecule has 0 bridgehead atoms. The number of carbonyl (C=O) groups excluding carboxylic acids is 1. The maximum atomic E-state index is 13.4. The van der Waals surface area contributed by atoms with E-state index < -0.39 is 22.7 Å². The van der Waals surface area contributed by atoms with Gasteiger partial charge in [-0.15, -0.1) is 0 Å². The van der Waals surface area contributed by atoms with Gasteiger partial charge < -0.3 is 14.5 Å². The fourth-order valence-corrected chi connectivity index (χ4v) is 4.16. The number of ether oxygens (including phenoxy) is 1. The Morgan fingerprint density at radius 2 is 1.50 bits per heavy atom. The minimum atomic E-state index is -0.598. The number of pyridine rings is 1. The molecule has 3 heterocycles. The van der Waals surface area contributed by atoms with Gasteiger partial charge >= 0.3 is 5.69 Å². The van der Waals surface area contributed by atoms with Gasteiger partial charge in [-0.05, 0) is 24.3 Å². The van der Waals surface area contributed by atoms with Crippen molar-refractivity contribution in [1.29, 1.82) is 0 Å². The van der Waals surface area contributed by atoms with E-state index in [2.05, 4.69) is 4.90 Å². The second-order valence-corrected chi connectivity index (χ2v) is 7.84. The summed E-state index contributed by atoms with van der Waals surface area (Å²) in [4.78, 5) is 55.0. The van der Waals surface area contributed by atoms with E-state index in [9.17, 15) is 19.2 Å². The van der Waals surface area contributed by atoms with Crippen LogP contribution >= 0.6 is 0 Å². The van der Waals surface area contributed by atoms with Crippen molar-refractivity contribution < 1.29 is 9.53 Å². The molecule has 0 atom stereocenters. The van der Waals surface area contributed by atoms with Crippen molar-refractivity contribution in [3.8, 4) is 5.75 Å². The number of carbonyl (C=O) groups is 1. The van der Waals surface area contributed by atoms with Crippen molar-refractivity contribution in [3.05, 3.63) is 67.1 Å². The Kier molecular flexibility index (Phi) is 5.37. The first-order valence-corrected chi connectivity index (χ1v) is 10.2. The molecular formula is C22H25N5O5. The molecule has 0 saturated carbocycles. The third kappa shape index (κ3) is 3.37. The first kappa shape index (κ1) is 21.4. The van der Waals surface area contributed by atoms with Crippen LogP contribution in [0.4, 0.5) is 5.69 Å². The standard InChI is InChI=1S/C22H25N5O5/c1-23-17(28)13-16(18-19(23)24(2)22(31)25(3)21(18)30)20(29)27-11-9-26(10-12-27)14-5-7-15(32-4)8-6-14/h5-8,13H,9-12H2,1-4H3. The Bertz CT molecular complexity index is 1380. The number of aryl methyl sites for hydroxylation is 2. The minimum Gasteiger partial charge on any atom is -0.497 e. The molecule has 168 valence electrons. The summed E-state index contributed by atoms with van der Waals surface area (Å²) in [7, 11) is 5.93. The van der Waals surface area contributed by atoms with E-state index in [1.807, 2.05) is 24.3 Å². The maximum absolute atomic E-state index is 13.4. The lowest BCUT2D eigenvalue weighted by atomic mass is 10.1. The highest BCUT2D eigenvalue weighted by Crippen LogP contribution is 2.21. The predicted octanol–water partition coefficient (Wildman–Crippen LogP) is -0.0931. The van der Waals surface area contributed by atoms with Crippen LogP contribution in [0.3, 0.4) is 0 Å². The molecule has 1 aliphatic heterocycles. The molecular weight excluding hydrogens is 414 g/mol. The zero-order valence-electron chi connectivity index (χ0n) is 18.5. The van der Waals surface area contributed by atoms with Crippen molar-refractivity contribution in [1.82, 2.24) is 18.6 Å². The summed E-state index contributed by atoms with van der Waals surface area (Å²) in [6.45, 7) is 2.09. The van der Waals surface area contributed by atoms with Crippen LogP contribution < -0.4 is 26.4 Å². The zero-order chi connectivity index (χ0) is 23.2. The summed E-state index contributed by atoms with van der Waals surface area (Å²) in [5.41, 5.74) is -0.432. The number of hydrogen-bond acceptors (Lipinski definition) is 6. The fourth-order valence-electron chi connectivity index (χ4n) is 4.16. The molecule has 10 heteroatoms. The second kappa shape index (κ2) is 8.03. The Hall–Kier alpha value is -3.82. The largest absolute Gasteiger partial charge is 0.497 e. The molecule has 3 aromatic rings. The van der Waals surface area contributed by atoms with E-state index in [0.29, 0.717) is 26.2 Å². The van der Waals surface area contributed by atoms with Crippen LogP contribution in [-0.2, 0) is 21.1 Å². The molecule has 0 radical (unpaired) electrons. The summed E-state index contributed by atoms with van der Waals surface area (Å²) >= 11 is 0. The lowest BCUT2D eigenvalue weighted by Crippen LogP contribution is -2.49. The highest BCUT2D eigenvalue weighted by molar-refractivity contribution is 6.05. The zero-order valence-corrected chi connectivity index (χ0v) is 18.5. The average Bonchev–Trinajstić information content (AvgIpc) is 2.82. The monoisotopic (exact) mass is 439 g/mol. The summed E-state index contributed by atoms with van der Waals surface area (Å²) in [5.74, 6) is 0.383. The smallest absolute Gasteiger partial charge is 0.332 e. The van der Waals surface area contributed by atoms with Crippen LogP contribution in [0.5, 0.6) is 5.75 Å². The molecule has 0 aliphatic carbocycles. The number of piperazine rings is 1. The van der Waals surface area contributed by atoms with E-state index in [-0.39, 0.29) is 16.6 Å². The Balaban J connectivity index is 1.68. The van der Waals surface area contributed by atoms with Crippen molar-refractivity contribution in [2.75, 3.05) is 38.2 Å². The molecule has 10 nitrogen and oxygen atoms in total. The van der Waals surface area contributed by atoms with Crippen molar-refractivity contribution in [2.24, 2.45) is 21.1 Å². The summed E-state index contributed by atoms with van der Waals surface area (Å²) in [6.07, 6.45) is 0. The van der Waals surface area contributed by atoms with Crippen LogP contribution in [0.15, 0.2) is 44.7 Å². The third-order valence-electron chi connectivity index (χ3n) is 6.05. The molecule has 0 unspecified atom stereocenters. The third-order valence-corrected chi connectivity index (χ3v) is 6.05. The second-order valence-electron chi connectivity index (χ2n) is 7.84. The lowest BCUT2D eigenvalue weighted by Gasteiger charge is -2.36. The number of anilines is 1. The molecule has 1 amide bonds. The highest BCUT2D eigenvalue weighted by Gasteiger charge is 2.27. The Labute approximate surface area is 183 Å². The molecule has 1 aromatic carbocycles. The van der Waals surface area contributed by atoms with Gasteiger partial charge in [0.05, 0.1) is 18.1 Å². The molecule has 32 heavy (non-hydrogen) atoms. The van der Waals surface area contributed by atoms with E-state index in [4.69, 9.17) is 4.74 Å². The Morgan fingerprint density at radius 1 is 0.875 bits per heavy atom. The molecule has 0 spiro atoms. The number of amides is 1. The molecule has 4 rings (SSSR count). The van der Waals surface area contributed by atoms with Crippen molar-refractivity contribution in [2.45, 2.75) is 0 Å². The van der Waals surface area contributed by atoms with Gasteiger partial charge in [-0.3, -0.25) is 28.1 Å². The van der Waals surface area contributed by atoms with Crippen LogP contribution in [0, 0.1) is 0 Å². The van der Waals surface area contributed by atoms with Gasteiger partial charge in [0.1, 0.15) is 11.4 Å². The first-order chi connectivity index (χ1) is 15.2. The molecule has 2 aromatic heterocycles. The number of aromatic nitrogens is 3. The van der Waals surface area contributed by atoms with Gasteiger partial charge in [-0.25, -0.2) is 4.79 Å². The van der Waals surface area contributed by atoms with Crippen molar-refractivity contribution >= 4 is 22.6 Å². The van der Waals surface area contributed by atoms with Gasteiger partial charge in [0.2, 0.25) is 0 Å². The number of hydrogen-bond donors (Lipinski definition) is 0. The summed E-state index contributed by atoms with van der Waals surface area (Å²) in [5, 5.41) is 0.0688. The summed E-state index contributed by atoms with van der Waals surface area (Å²) < 4.78 is 8.58. The average molecular weight is 439 g/mol. The summed E-state index contributed by atoms with van der Waals surface area (Å²) in [6, 6.07) is 8.90. The van der Waals surface area contributed by atoms with E-state index in [1.54, 1.807) is 12.0 Å². The first-order valence-electron chi connectivity index (χ1n) is 10.2. The number of nitrogens with zero attached hydrogens (tertiary/aromatic N) is 5. The maximum Gasteiger partial charge on any atom is 0.332 e. The predicted molar refractivity (Wildman–Crippen MR) is 121 cm³/mol. The van der Waals surface area contributed by atoms with Crippen LogP contribution in [-0.4, -0.2) is 57.8 Å². The molecule has 0 N–H and O–H groups in total. The molecule has 1 fully saturated rings. The van der Waals surface area contributed by atoms with Gasteiger partial charge in [0.25, 0.3) is 17.0 Å². The van der Waals surface area contributed by atoms with Gasteiger partial charge in [0, 0.05) is 59.1 Å². The number of benzene rings is 1. The topological polar surface area (TPSA) is 98.8 Å². The Morgan fingerprint density at radius 3 is 2.09 bits per heavy atom. The van der Waals surface area contributed by atoms with Crippen LogP contribution in [0.25, 0.3) is 11.0 Å². The SMILES string of the molecule is COc1ccc(N2CCN(C(=O)c3cc(=O)n(C)c4c3c(=O)n(C)c(=O)n4C)CC2)cc1. The minimum absolute atomic E-state index is 0.0252. The van der Waals surface area contributed by atoms with E-state index in [1.165, 1.54) is 36.3 Å². The quantitative estimate of drug-likeness (QED) is 0.566. The fraction of sp³-hybridized carbons (Fsp3) is 0.364. The van der Waals surface area contributed by atoms with Gasteiger partial charge in [0.15, 0.2) is 0 Å². The number of rotatable bonds is 3. The van der Waals surface area contributed by atoms with E-state index >= 15 is 0 Å². The van der Waals surface area contributed by atoms with E-state index in [0.717, 1.165) is 16.0 Å². The number of methoxy groups -OCH3 is 1. The highest BCUT2D eigenvalue weighted by atomic mass is 16.5. The lowest BCUT2D eigenvalue weighted by molar-refractivity contribution is 0.0748. The van der Waals surface area contributed by atoms with Crippen molar-refractivity contribution in [3.63, 3.8) is 0 Å². The molecule has 1 saturated heterocycles. The van der Waals surface area contributed by atoms with Gasteiger partial charge in [-0.2, -0.15) is 0 Å². The number of fused-ring (bicyclic) bond motifs is 1. The normalized spacial score (nSPS) is 14.1. The van der Waals surface area contributed by atoms with Crippen LogP contribution in [0.1, 0.15) is 10.4 Å². The molecule has 1 aliphatic rings. The van der Waals surface area contributed by atoms with Gasteiger partial charge in [-0.1, -0.05) is 0 Å².